The van der Waals surface area contributed by atoms with E-state index in [-0.39, 0.29) is 23.8 Å². The third kappa shape index (κ3) is 5.20. The smallest absolute Gasteiger partial charge is 0.232 e. The second-order valence-corrected chi connectivity index (χ2v) is 6.97. The Kier molecular flexibility index (Phi) is 6.56. The van der Waals surface area contributed by atoms with Crippen LogP contribution < -0.4 is 5.32 Å². The molecule has 0 bridgehead atoms. The van der Waals surface area contributed by atoms with Crippen LogP contribution in [0, 0.1) is 5.41 Å². The Morgan fingerprint density at radius 3 is 1.96 bits per heavy atom. The van der Waals surface area contributed by atoms with Crippen LogP contribution in [0.3, 0.4) is 0 Å². The molecule has 0 saturated carbocycles. The van der Waals surface area contributed by atoms with Gasteiger partial charge in [-0.25, -0.2) is 0 Å². The number of aliphatic hydroxyl groups excluding tert-OH is 1. The molecule has 2 rings (SSSR count). The summed E-state index contributed by atoms with van der Waals surface area (Å²) in [6.45, 7) is 4.85. The topological polar surface area (TPSA) is 49.3 Å². The summed E-state index contributed by atoms with van der Waals surface area (Å²) in [5.41, 5.74) is 1.90. The van der Waals surface area contributed by atoms with Gasteiger partial charge in [-0.05, 0) is 29.4 Å². The normalized spacial score (nSPS) is 11.5. The Labute approximate surface area is 144 Å². The number of hydrogen-bond donors (Lipinski definition) is 2. The number of rotatable bonds is 8. The molecule has 128 valence electrons. The molecule has 0 aromatic heterocycles. The second-order valence-electron chi connectivity index (χ2n) is 6.97. The molecule has 2 aromatic carbocycles. The molecule has 0 fully saturated rings. The van der Waals surface area contributed by atoms with Crippen molar-refractivity contribution >= 4 is 5.91 Å². The summed E-state index contributed by atoms with van der Waals surface area (Å²) in [5.74, 6) is -0.271. The van der Waals surface area contributed by atoms with Gasteiger partial charge >= 0.3 is 0 Å². The van der Waals surface area contributed by atoms with Gasteiger partial charge in [0.1, 0.15) is 0 Å². The molecule has 3 heteroatoms. The fraction of sp³-hybridized carbons (Fsp3) is 0.381. The van der Waals surface area contributed by atoms with E-state index in [1.807, 2.05) is 74.5 Å². The monoisotopic (exact) mass is 325 g/mol. The van der Waals surface area contributed by atoms with Gasteiger partial charge in [0.05, 0.1) is 5.92 Å². The van der Waals surface area contributed by atoms with Crippen LogP contribution in [0.4, 0.5) is 0 Å². The highest BCUT2D eigenvalue weighted by Gasteiger charge is 2.22. The molecule has 3 nitrogen and oxygen atoms in total. The summed E-state index contributed by atoms with van der Waals surface area (Å²) in [5, 5.41) is 12.4. The van der Waals surface area contributed by atoms with Gasteiger partial charge in [0, 0.05) is 13.2 Å². The van der Waals surface area contributed by atoms with Gasteiger partial charge in [-0.3, -0.25) is 4.79 Å². The lowest BCUT2D eigenvalue weighted by Gasteiger charge is -2.22. The summed E-state index contributed by atoms with van der Waals surface area (Å²) in [7, 11) is 0. The van der Waals surface area contributed by atoms with Crippen molar-refractivity contribution in [3.05, 3.63) is 71.8 Å². The van der Waals surface area contributed by atoms with E-state index in [2.05, 4.69) is 5.32 Å². The van der Waals surface area contributed by atoms with Crippen LogP contribution in [0.15, 0.2) is 60.7 Å². The van der Waals surface area contributed by atoms with Gasteiger partial charge < -0.3 is 10.4 Å². The zero-order valence-electron chi connectivity index (χ0n) is 14.5. The van der Waals surface area contributed by atoms with Crippen molar-refractivity contribution in [3.8, 4) is 0 Å². The third-order valence-electron chi connectivity index (χ3n) is 4.29. The van der Waals surface area contributed by atoms with E-state index in [1.54, 1.807) is 0 Å². The number of nitrogens with one attached hydrogen (secondary N) is 1. The Balaban J connectivity index is 2.04. The molecule has 0 radical (unpaired) electrons. The summed E-state index contributed by atoms with van der Waals surface area (Å²) >= 11 is 0. The maximum atomic E-state index is 12.8. The molecule has 1 amide bonds. The Bertz CT molecular complexity index is 583. The van der Waals surface area contributed by atoms with Gasteiger partial charge in [-0.2, -0.15) is 0 Å². The molecule has 24 heavy (non-hydrogen) atoms. The van der Waals surface area contributed by atoms with Crippen LogP contribution in [-0.4, -0.2) is 24.2 Å². The molecule has 0 saturated heterocycles. The average molecular weight is 325 g/mol. The first-order valence-electron chi connectivity index (χ1n) is 8.52. The molecule has 0 unspecified atom stereocenters. The molecule has 0 aliphatic rings. The van der Waals surface area contributed by atoms with Crippen LogP contribution in [0.2, 0.25) is 0 Å². The summed E-state index contributed by atoms with van der Waals surface area (Å²) in [4.78, 5) is 12.8. The minimum absolute atomic E-state index is 0.0224. The van der Waals surface area contributed by atoms with Crippen LogP contribution in [0.1, 0.15) is 43.7 Å². The maximum Gasteiger partial charge on any atom is 0.232 e. The van der Waals surface area contributed by atoms with E-state index < -0.39 is 0 Å². The van der Waals surface area contributed by atoms with Gasteiger partial charge in [-0.1, -0.05) is 74.5 Å². The maximum absolute atomic E-state index is 12.8. The van der Waals surface area contributed by atoms with E-state index in [0.717, 1.165) is 24.0 Å². The van der Waals surface area contributed by atoms with Crippen molar-refractivity contribution in [2.24, 2.45) is 5.41 Å². The lowest BCUT2D eigenvalue weighted by atomic mass is 9.88. The Morgan fingerprint density at radius 1 is 1.00 bits per heavy atom. The molecular formula is C21H27NO2. The molecule has 0 spiro atoms. The average Bonchev–Trinajstić information content (AvgIpc) is 2.61. The summed E-state index contributed by atoms with van der Waals surface area (Å²) < 4.78 is 0. The molecule has 2 N–H and O–H groups in total. The lowest BCUT2D eigenvalue weighted by Crippen LogP contribution is -2.31. The first kappa shape index (κ1) is 18.2. The number of aliphatic hydroxyl groups is 1. The highest BCUT2D eigenvalue weighted by atomic mass is 16.3. The van der Waals surface area contributed by atoms with Gasteiger partial charge in [0.25, 0.3) is 0 Å². The largest absolute Gasteiger partial charge is 0.396 e. The number of carbonyl (C=O) groups is 1. The van der Waals surface area contributed by atoms with Crippen molar-refractivity contribution in [3.63, 3.8) is 0 Å². The standard InChI is InChI=1S/C21H27NO2/c1-21(2,16-23)14-9-15-22-20(24)19(17-10-5-3-6-11-17)18-12-7-4-8-13-18/h3-8,10-13,19,23H,9,14-16H2,1-2H3,(H,22,24). The first-order valence-corrected chi connectivity index (χ1v) is 8.52. The van der Waals surface area contributed by atoms with Crippen LogP contribution >= 0.6 is 0 Å². The molecule has 2 aromatic rings. The predicted octanol–water partition coefficient (Wildman–Crippen LogP) is 3.73. The van der Waals surface area contributed by atoms with E-state index in [9.17, 15) is 9.90 Å². The highest BCUT2D eigenvalue weighted by Crippen LogP contribution is 2.25. The quantitative estimate of drug-likeness (QED) is 0.727. The Hall–Kier alpha value is -2.13. The SMILES string of the molecule is CC(C)(CO)CCCNC(=O)C(c1ccccc1)c1ccccc1. The number of hydrogen-bond acceptors (Lipinski definition) is 2. The minimum atomic E-state index is -0.293. The zero-order chi connectivity index (χ0) is 17.4. The zero-order valence-corrected chi connectivity index (χ0v) is 14.5. The van der Waals surface area contributed by atoms with E-state index >= 15 is 0 Å². The van der Waals surface area contributed by atoms with Crippen LogP contribution in [0.5, 0.6) is 0 Å². The van der Waals surface area contributed by atoms with Gasteiger partial charge in [0.15, 0.2) is 0 Å². The lowest BCUT2D eigenvalue weighted by molar-refractivity contribution is -0.121. The van der Waals surface area contributed by atoms with Crippen molar-refractivity contribution in [2.45, 2.75) is 32.6 Å². The second kappa shape index (κ2) is 8.65. The van der Waals surface area contributed by atoms with Crippen molar-refractivity contribution in [1.82, 2.24) is 5.32 Å². The molecule has 0 atom stereocenters. The number of amides is 1. The fourth-order valence-electron chi connectivity index (χ4n) is 2.75. The van der Waals surface area contributed by atoms with E-state index in [0.29, 0.717) is 6.54 Å². The van der Waals surface area contributed by atoms with E-state index in [1.165, 1.54) is 0 Å². The summed E-state index contributed by atoms with van der Waals surface area (Å²) in [6, 6.07) is 19.7. The van der Waals surface area contributed by atoms with Crippen molar-refractivity contribution in [1.29, 1.82) is 0 Å². The first-order chi connectivity index (χ1) is 11.5. The molecule has 0 heterocycles. The van der Waals surface area contributed by atoms with Crippen LogP contribution in [-0.2, 0) is 4.79 Å². The molecule has 0 aliphatic heterocycles. The predicted molar refractivity (Wildman–Crippen MR) is 97.8 cm³/mol. The number of benzene rings is 2. The van der Waals surface area contributed by atoms with Gasteiger partial charge in [0.2, 0.25) is 5.91 Å². The number of carbonyl (C=O) groups excluding carboxylic acids is 1. The van der Waals surface area contributed by atoms with Crippen molar-refractivity contribution in [2.75, 3.05) is 13.2 Å². The highest BCUT2D eigenvalue weighted by molar-refractivity contribution is 5.87. The third-order valence-corrected chi connectivity index (χ3v) is 4.29. The van der Waals surface area contributed by atoms with Gasteiger partial charge in [-0.15, -0.1) is 0 Å². The molecular weight excluding hydrogens is 298 g/mol. The van der Waals surface area contributed by atoms with Crippen LogP contribution in [0.25, 0.3) is 0 Å². The van der Waals surface area contributed by atoms with E-state index in [4.69, 9.17) is 0 Å². The van der Waals surface area contributed by atoms with Crippen molar-refractivity contribution < 1.29 is 9.90 Å². The fourth-order valence-corrected chi connectivity index (χ4v) is 2.75. The minimum Gasteiger partial charge on any atom is -0.396 e. The molecule has 0 aliphatic carbocycles. The summed E-state index contributed by atoms with van der Waals surface area (Å²) in [6.07, 6.45) is 1.74. The Morgan fingerprint density at radius 2 is 1.50 bits per heavy atom.